The molecule has 1 saturated carbocycles. The zero-order chi connectivity index (χ0) is 14.7. The number of hydrogen-bond acceptors (Lipinski definition) is 1. The Hall–Kier alpha value is -0.250. The fourth-order valence-electron chi connectivity index (χ4n) is 3.02. The zero-order valence-electron chi connectivity index (χ0n) is 12.6. The lowest BCUT2D eigenvalue weighted by Crippen LogP contribution is -2.36. The Balaban J connectivity index is 2.23. The van der Waals surface area contributed by atoms with Crippen molar-refractivity contribution >= 4 is 0 Å². The van der Waals surface area contributed by atoms with E-state index in [-0.39, 0.29) is 0 Å². The second-order valence-electron chi connectivity index (χ2n) is 7.21. The molecule has 0 heterocycles. The van der Waals surface area contributed by atoms with Crippen LogP contribution < -0.4 is 5.32 Å². The van der Waals surface area contributed by atoms with Crippen LogP contribution in [0.2, 0.25) is 0 Å². The van der Waals surface area contributed by atoms with Crippen LogP contribution in [0, 0.1) is 17.3 Å². The van der Waals surface area contributed by atoms with Crippen LogP contribution in [0.4, 0.5) is 13.2 Å². The molecule has 0 aromatic heterocycles. The minimum absolute atomic E-state index is 0.363. The quantitative estimate of drug-likeness (QED) is 0.781. The summed E-state index contributed by atoms with van der Waals surface area (Å²) in [6.07, 6.45) is -0.0744. The third-order valence-electron chi connectivity index (χ3n) is 4.36. The summed E-state index contributed by atoms with van der Waals surface area (Å²) >= 11 is 0. The molecule has 1 unspecified atom stereocenters. The van der Waals surface area contributed by atoms with Crippen LogP contribution in [0.25, 0.3) is 0 Å². The molecule has 4 heteroatoms. The molecule has 0 saturated heterocycles. The molecule has 1 nitrogen and oxygen atoms in total. The maximum absolute atomic E-state index is 12.2. The van der Waals surface area contributed by atoms with Crippen molar-refractivity contribution in [1.29, 1.82) is 0 Å². The van der Waals surface area contributed by atoms with Gasteiger partial charge in [-0.15, -0.1) is 0 Å². The molecular formula is C15H28F3N. The Morgan fingerprint density at radius 3 is 2.00 bits per heavy atom. The average molecular weight is 279 g/mol. The fraction of sp³-hybridized carbons (Fsp3) is 1.00. The van der Waals surface area contributed by atoms with Gasteiger partial charge in [0.05, 0.1) is 6.42 Å². The fourth-order valence-corrected chi connectivity index (χ4v) is 3.02. The Morgan fingerprint density at radius 2 is 1.58 bits per heavy atom. The summed E-state index contributed by atoms with van der Waals surface area (Å²) in [4.78, 5) is 0. The van der Waals surface area contributed by atoms with Gasteiger partial charge in [0.2, 0.25) is 0 Å². The van der Waals surface area contributed by atoms with Crippen molar-refractivity contribution in [2.45, 2.75) is 72.0 Å². The van der Waals surface area contributed by atoms with E-state index in [4.69, 9.17) is 0 Å². The van der Waals surface area contributed by atoms with E-state index in [1.807, 2.05) is 0 Å². The summed E-state index contributed by atoms with van der Waals surface area (Å²) in [5.74, 6) is 1.31. The van der Waals surface area contributed by atoms with Crippen LogP contribution in [0.5, 0.6) is 0 Å². The largest absolute Gasteiger partial charge is 0.390 e. The van der Waals surface area contributed by atoms with Crippen molar-refractivity contribution in [3.63, 3.8) is 0 Å². The first-order chi connectivity index (χ1) is 8.58. The standard InChI is InChI=1S/C15H28F3N/c1-11(9-15(16,17)18)19-10-12-5-7-13(8-6-12)14(2,3)4/h11-13,19H,5-10H2,1-4H3. The molecule has 1 aliphatic carbocycles. The van der Waals surface area contributed by atoms with Gasteiger partial charge in [0.1, 0.15) is 0 Å². The van der Waals surface area contributed by atoms with Crippen molar-refractivity contribution in [1.82, 2.24) is 5.32 Å². The summed E-state index contributed by atoms with van der Waals surface area (Å²) < 4.78 is 36.6. The highest BCUT2D eigenvalue weighted by molar-refractivity contribution is 4.81. The summed E-state index contributed by atoms with van der Waals surface area (Å²) in [6, 6.07) is -0.472. The maximum atomic E-state index is 12.2. The lowest BCUT2D eigenvalue weighted by Gasteiger charge is -2.37. The topological polar surface area (TPSA) is 12.0 Å². The minimum Gasteiger partial charge on any atom is -0.314 e. The van der Waals surface area contributed by atoms with Crippen LogP contribution in [-0.2, 0) is 0 Å². The molecule has 0 amide bonds. The van der Waals surface area contributed by atoms with Crippen LogP contribution in [0.1, 0.15) is 59.8 Å². The monoisotopic (exact) mass is 279 g/mol. The molecular weight excluding hydrogens is 251 g/mol. The Kier molecular flexibility index (Phi) is 5.72. The third kappa shape index (κ3) is 6.64. The van der Waals surface area contributed by atoms with E-state index in [2.05, 4.69) is 26.1 Å². The van der Waals surface area contributed by atoms with Gasteiger partial charge in [0.15, 0.2) is 0 Å². The van der Waals surface area contributed by atoms with E-state index >= 15 is 0 Å². The van der Waals surface area contributed by atoms with Gasteiger partial charge in [-0.3, -0.25) is 0 Å². The number of hydrogen-bond donors (Lipinski definition) is 1. The van der Waals surface area contributed by atoms with Crippen LogP contribution >= 0.6 is 0 Å². The lowest BCUT2D eigenvalue weighted by atomic mass is 9.70. The summed E-state index contributed by atoms with van der Waals surface area (Å²) in [5.41, 5.74) is 0.363. The van der Waals surface area contributed by atoms with E-state index in [0.717, 1.165) is 25.3 Å². The molecule has 19 heavy (non-hydrogen) atoms. The second-order valence-corrected chi connectivity index (χ2v) is 7.21. The summed E-state index contributed by atoms with van der Waals surface area (Å²) in [7, 11) is 0. The number of alkyl halides is 3. The van der Waals surface area contributed by atoms with E-state index < -0.39 is 18.6 Å². The molecule has 114 valence electrons. The highest BCUT2D eigenvalue weighted by atomic mass is 19.4. The zero-order valence-corrected chi connectivity index (χ0v) is 12.6. The smallest absolute Gasteiger partial charge is 0.314 e. The number of halogens is 3. The molecule has 1 aliphatic rings. The molecule has 0 aliphatic heterocycles. The SMILES string of the molecule is CC(CC(F)(F)F)NCC1CCC(C(C)(C)C)CC1. The van der Waals surface area contributed by atoms with Crippen molar-refractivity contribution in [3.05, 3.63) is 0 Å². The van der Waals surface area contributed by atoms with E-state index in [1.54, 1.807) is 6.92 Å². The first kappa shape index (κ1) is 16.8. The van der Waals surface area contributed by atoms with Crippen molar-refractivity contribution in [2.24, 2.45) is 17.3 Å². The van der Waals surface area contributed by atoms with Gasteiger partial charge in [-0.2, -0.15) is 13.2 Å². The normalized spacial score (nSPS) is 27.3. The van der Waals surface area contributed by atoms with Gasteiger partial charge in [0.25, 0.3) is 0 Å². The van der Waals surface area contributed by atoms with E-state index in [9.17, 15) is 13.2 Å². The minimum atomic E-state index is -4.06. The van der Waals surface area contributed by atoms with E-state index in [0.29, 0.717) is 11.3 Å². The van der Waals surface area contributed by atoms with Gasteiger partial charge >= 0.3 is 6.18 Å². The molecule has 0 bridgehead atoms. The average Bonchev–Trinajstić information content (AvgIpc) is 2.23. The molecule has 1 fully saturated rings. The molecule has 0 aromatic carbocycles. The number of nitrogens with one attached hydrogen (secondary N) is 1. The highest BCUT2D eigenvalue weighted by Crippen LogP contribution is 2.39. The molecule has 0 aromatic rings. The molecule has 1 rings (SSSR count). The van der Waals surface area contributed by atoms with Crippen molar-refractivity contribution < 1.29 is 13.2 Å². The first-order valence-corrected chi connectivity index (χ1v) is 7.38. The van der Waals surface area contributed by atoms with Crippen LogP contribution in [-0.4, -0.2) is 18.8 Å². The maximum Gasteiger partial charge on any atom is 0.390 e. The highest BCUT2D eigenvalue weighted by Gasteiger charge is 2.31. The number of rotatable bonds is 4. The Labute approximate surface area is 115 Å². The van der Waals surface area contributed by atoms with Crippen LogP contribution in [0.15, 0.2) is 0 Å². The Bertz CT molecular complexity index is 260. The van der Waals surface area contributed by atoms with Crippen LogP contribution in [0.3, 0.4) is 0 Å². The van der Waals surface area contributed by atoms with Gasteiger partial charge in [-0.05, 0) is 56.4 Å². The predicted octanol–water partition coefficient (Wildman–Crippen LogP) is 4.77. The first-order valence-electron chi connectivity index (χ1n) is 7.38. The summed E-state index contributed by atoms with van der Waals surface area (Å²) in [6.45, 7) is 9.19. The second kappa shape index (κ2) is 6.47. The predicted molar refractivity (Wildman–Crippen MR) is 73.0 cm³/mol. The van der Waals surface area contributed by atoms with E-state index in [1.165, 1.54) is 12.8 Å². The molecule has 1 atom stereocenters. The van der Waals surface area contributed by atoms with Gasteiger partial charge in [0, 0.05) is 6.04 Å². The lowest BCUT2D eigenvalue weighted by molar-refractivity contribution is -0.139. The summed E-state index contributed by atoms with van der Waals surface area (Å²) in [5, 5.41) is 3.04. The van der Waals surface area contributed by atoms with Gasteiger partial charge in [-0.25, -0.2) is 0 Å². The molecule has 0 spiro atoms. The third-order valence-corrected chi connectivity index (χ3v) is 4.36. The van der Waals surface area contributed by atoms with Crippen molar-refractivity contribution in [3.8, 4) is 0 Å². The van der Waals surface area contributed by atoms with Crippen molar-refractivity contribution in [2.75, 3.05) is 6.54 Å². The molecule has 1 N–H and O–H groups in total. The van der Waals surface area contributed by atoms with Gasteiger partial charge in [-0.1, -0.05) is 20.8 Å². The molecule has 0 radical (unpaired) electrons. The Morgan fingerprint density at radius 1 is 1.05 bits per heavy atom. The van der Waals surface area contributed by atoms with Gasteiger partial charge < -0.3 is 5.32 Å².